The number of hydrogen-bond donors (Lipinski definition) is 3. The van der Waals surface area contributed by atoms with Gasteiger partial charge in [-0.15, -0.1) is 0 Å². The average Bonchev–Trinajstić information content (AvgIpc) is 3.29. The van der Waals surface area contributed by atoms with Gasteiger partial charge in [0, 0.05) is 29.4 Å². The fourth-order valence-electron chi connectivity index (χ4n) is 3.07. The Hall–Kier alpha value is -4.27. The van der Waals surface area contributed by atoms with Gasteiger partial charge in [-0.1, -0.05) is 0 Å². The number of allylic oxidation sites excluding steroid dienone is 1. The number of nitrogens with one attached hydrogen (secondary N) is 2. The van der Waals surface area contributed by atoms with Gasteiger partial charge >= 0.3 is 5.97 Å². The molecule has 0 aliphatic carbocycles. The molecule has 1 aromatic carbocycles. The van der Waals surface area contributed by atoms with Crippen molar-refractivity contribution in [3.63, 3.8) is 0 Å². The highest BCUT2D eigenvalue weighted by atomic mass is 16.5. The molecule has 9 nitrogen and oxygen atoms in total. The Morgan fingerprint density at radius 3 is 2.83 bits per heavy atom. The second-order valence-electron chi connectivity index (χ2n) is 6.28. The molecule has 0 unspecified atom stereocenters. The topological polar surface area (TPSA) is 123 Å². The number of carboxylic acids is 1. The third-order valence-corrected chi connectivity index (χ3v) is 4.53. The molecule has 30 heavy (non-hydrogen) atoms. The monoisotopic (exact) mass is 407 g/mol. The third-order valence-electron chi connectivity index (χ3n) is 4.53. The maximum absolute atomic E-state index is 12.7. The molecular formula is C21H17N3O6. The second-order valence-corrected chi connectivity index (χ2v) is 6.28. The number of methoxy groups -OCH3 is 2. The number of Topliss-reactive ketones (excluding diaryl/α,β-unsaturated/α-hetero) is 1. The van der Waals surface area contributed by atoms with Crippen molar-refractivity contribution < 1.29 is 28.9 Å². The van der Waals surface area contributed by atoms with Crippen LogP contribution in [0.15, 0.2) is 59.9 Å². The van der Waals surface area contributed by atoms with E-state index in [1.807, 2.05) is 6.07 Å². The Kier molecular flexibility index (Phi) is 4.85. The lowest BCUT2D eigenvalue weighted by atomic mass is 10.1. The minimum absolute atomic E-state index is 0.118. The average molecular weight is 407 g/mol. The number of benzene rings is 1. The standard InChI is InChI=1S/C21H17N3O6/c1-28-12-5-6-14(15(9-12)29-2)24-20-17(21(26)27)18(25)16(30-20)8-11-10-23-19-13(11)4-3-7-22-19/h3-10,24H,1-2H3,(H,22,23)(H,26,27)/b16-8-. The fraction of sp³-hybridized carbons (Fsp3) is 0.0952. The van der Waals surface area contributed by atoms with Gasteiger partial charge < -0.3 is 29.6 Å². The summed E-state index contributed by atoms with van der Waals surface area (Å²) >= 11 is 0. The molecule has 0 amide bonds. The van der Waals surface area contributed by atoms with E-state index in [0.29, 0.717) is 28.4 Å². The summed E-state index contributed by atoms with van der Waals surface area (Å²) in [5.41, 5.74) is 1.20. The highest BCUT2D eigenvalue weighted by Crippen LogP contribution is 2.34. The summed E-state index contributed by atoms with van der Waals surface area (Å²) in [5, 5.41) is 13.2. The van der Waals surface area contributed by atoms with Crippen LogP contribution in [0.4, 0.5) is 5.69 Å². The predicted octanol–water partition coefficient (Wildman–Crippen LogP) is 2.93. The van der Waals surface area contributed by atoms with Gasteiger partial charge in [0.15, 0.2) is 11.3 Å². The predicted molar refractivity (Wildman–Crippen MR) is 108 cm³/mol. The van der Waals surface area contributed by atoms with Crippen LogP contribution in [-0.4, -0.2) is 41.0 Å². The Bertz CT molecular complexity index is 1220. The van der Waals surface area contributed by atoms with Crippen molar-refractivity contribution in [2.45, 2.75) is 0 Å². The van der Waals surface area contributed by atoms with Gasteiger partial charge in [-0.2, -0.15) is 0 Å². The fourth-order valence-corrected chi connectivity index (χ4v) is 3.07. The summed E-state index contributed by atoms with van der Waals surface area (Å²) in [7, 11) is 2.98. The van der Waals surface area contributed by atoms with Crippen LogP contribution in [0, 0.1) is 0 Å². The Morgan fingerprint density at radius 1 is 1.27 bits per heavy atom. The molecule has 1 aliphatic rings. The number of anilines is 1. The van der Waals surface area contributed by atoms with Gasteiger partial charge in [0.1, 0.15) is 17.1 Å². The first-order valence-electron chi connectivity index (χ1n) is 8.84. The van der Waals surface area contributed by atoms with Crippen molar-refractivity contribution in [2.75, 3.05) is 19.5 Å². The normalized spacial score (nSPS) is 14.9. The first-order chi connectivity index (χ1) is 14.5. The molecule has 0 saturated heterocycles. The van der Waals surface area contributed by atoms with Crippen LogP contribution in [-0.2, 0) is 14.3 Å². The van der Waals surface area contributed by atoms with E-state index in [0.717, 1.165) is 5.39 Å². The number of ketones is 1. The summed E-state index contributed by atoms with van der Waals surface area (Å²) in [6, 6.07) is 8.51. The Balaban J connectivity index is 1.69. The summed E-state index contributed by atoms with van der Waals surface area (Å²) in [6.45, 7) is 0. The number of aromatic amines is 1. The molecular weight excluding hydrogens is 390 g/mol. The zero-order valence-corrected chi connectivity index (χ0v) is 16.1. The zero-order valence-electron chi connectivity index (χ0n) is 16.1. The SMILES string of the molecule is COc1ccc(NC2=C(C(=O)O)C(=O)/C(=C/c3c[nH]c4ncccc34)O2)c(OC)c1. The lowest BCUT2D eigenvalue weighted by Crippen LogP contribution is -2.12. The number of aliphatic carboxylic acids is 1. The number of hydrogen-bond acceptors (Lipinski definition) is 7. The third kappa shape index (κ3) is 3.32. The molecule has 3 aromatic rings. The second kappa shape index (κ2) is 7.63. The molecule has 0 atom stereocenters. The number of pyridine rings is 1. The molecule has 9 heteroatoms. The van der Waals surface area contributed by atoms with E-state index in [1.54, 1.807) is 36.7 Å². The summed E-state index contributed by atoms with van der Waals surface area (Å²) in [6.07, 6.45) is 4.78. The van der Waals surface area contributed by atoms with Gasteiger partial charge in [-0.3, -0.25) is 4.79 Å². The quantitative estimate of drug-likeness (QED) is 0.421. The van der Waals surface area contributed by atoms with Crippen molar-refractivity contribution in [1.29, 1.82) is 0 Å². The summed E-state index contributed by atoms with van der Waals surface area (Å²) in [5.74, 6) is -1.51. The first kappa shape index (κ1) is 19.1. The molecule has 0 bridgehead atoms. The van der Waals surface area contributed by atoms with Crippen LogP contribution in [0.2, 0.25) is 0 Å². The number of carbonyl (C=O) groups excluding carboxylic acids is 1. The molecule has 0 radical (unpaired) electrons. The highest BCUT2D eigenvalue weighted by Gasteiger charge is 2.36. The molecule has 0 spiro atoms. The summed E-state index contributed by atoms with van der Waals surface area (Å²) < 4.78 is 16.1. The number of H-pyrrole nitrogens is 1. The molecule has 3 N–H and O–H groups in total. The number of fused-ring (bicyclic) bond motifs is 1. The molecule has 2 aromatic heterocycles. The van der Waals surface area contributed by atoms with Crippen LogP contribution in [0.25, 0.3) is 17.1 Å². The number of ether oxygens (including phenoxy) is 3. The Labute approximate surface area is 170 Å². The van der Waals surface area contributed by atoms with E-state index in [9.17, 15) is 14.7 Å². The van der Waals surface area contributed by atoms with Crippen LogP contribution in [0.3, 0.4) is 0 Å². The minimum atomic E-state index is -1.40. The van der Waals surface area contributed by atoms with Gasteiger partial charge in [0.2, 0.25) is 11.7 Å². The molecule has 1 aliphatic heterocycles. The number of carboxylic acid groups (broad SMARTS) is 1. The van der Waals surface area contributed by atoms with Crippen molar-refractivity contribution in [2.24, 2.45) is 0 Å². The van der Waals surface area contributed by atoms with E-state index in [-0.39, 0.29) is 11.6 Å². The maximum Gasteiger partial charge on any atom is 0.345 e. The number of carbonyl (C=O) groups is 2. The van der Waals surface area contributed by atoms with Crippen LogP contribution in [0.1, 0.15) is 5.56 Å². The zero-order chi connectivity index (χ0) is 21.3. The number of rotatable bonds is 6. The van der Waals surface area contributed by atoms with Crippen molar-refractivity contribution in [3.05, 3.63) is 65.5 Å². The minimum Gasteiger partial charge on any atom is -0.497 e. The van der Waals surface area contributed by atoms with Gasteiger partial charge in [-0.05, 0) is 30.3 Å². The van der Waals surface area contributed by atoms with E-state index in [2.05, 4.69) is 15.3 Å². The van der Waals surface area contributed by atoms with E-state index in [4.69, 9.17) is 14.2 Å². The lowest BCUT2D eigenvalue weighted by molar-refractivity contribution is -0.134. The molecule has 0 fully saturated rings. The Morgan fingerprint density at radius 2 is 2.10 bits per heavy atom. The van der Waals surface area contributed by atoms with Crippen molar-refractivity contribution in [1.82, 2.24) is 9.97 Å². The first-order valence-corrected chi connectivity index (χ1v) is 8.84. The molecule has 0 saturated carbocycles. The van der Waals surface area contributed by atoms with Crippen LogP contribution < -0.4 is 14.8 Å². The van der Waals surface area contributed by atoms with Crippen LogP contribution in [0.5, 0.6) is 11.5 Å². The lowest BCUT2D eigenvalue weighted by Gasteiger charge is -2.13. The maximum atomic E-state index is 12.7. The van der Waals surface area contributed by atoms with E-state index >= 15 is 0 Å². The molecule has 4 rings (SSSR count). The molecule has 152 valence electrons. The van der Waals surface area contributed by atoms with E-state index < -0.39 is 17.3 Å². The largest absolute Gasteiger partial charge is 0.497 e. The smallest absolute Gasteiger partial charge is 0.345 e. The summed E-state index contributed by atoms with van der Waals surface area (Å²) in [4.78, 5) is 31.6. The van der Waals surface area contributed by atoms with E-state index in [1.165, 1.54) is 20.3 Å². The van der Waals surface area contributed by atoms with Crippen molar-refractivity contribution >= 4 is 34.5 Å². The van der Waals surface area contributed by atoms with Gasteiger partial charge in [0.05, 0.1) is 19.9 Å². The number of aromatic nitrogens is 2. The van der Waals surface area contributed by atoms with Crippen LogP contribution >= 0.6 is 0 Å². The highest BCUT2D eigenvalue weighted by molar-refractivity contribution is 6.26. The van der Waals surface area contributed by atoms with Gasteiger partial charge in [-0.25, -0.2) is 9.78 Å². The van der Waals surface area contributed by atoms with Gasteiger partial charge in [0.25, 0.3) is 0 Å². The van der Waals surface area contributed by atoms with Crippen molar-refractivity contribution in [3.8, 4) is 11.5 Å². The number of nitrogens with zero attached hydrogens (tertiary/aromatic N) is 1. The molecule has 3 heterocycles.